The zero-order valence-corrected chi connectivity index (χ0v) is 16.9. The van der Waals surface area contributed by atoms with Crippen molar-refractivity contribution in [3.8, 4) is 0 Å². The average molecular weight is 438 g/mol. The number of H-pyrrole nitrogens is 1. The molecule has 1 atom stereocenters. The number of carbonyl (C=O) groups excluding carboxylic acids is 1. The van der Waals surface area contributed by atoms with E-state index in [1.165, 1.54) is 23.1 Å². The van der Waals surface area contributed by atoms with Gasteiger partial charge in [0.2, 0.25) is 5.95 Å². The number of amides is 1. The maximum absolute atomic E-state index is 14.5. The first-order valence-electron chi connectivity index (χ1n) is 9.58. The number of benzene rings is 2. The van der Waals surface area contributed by atoms with Crippen molar-refractivity contribution in [1.29, 1.82) is 0 Å². The number of nitrogens with one attached hydrogen (secondary N) is 2. The van der Waals surface area contributed by atoms with Gasteiger partial charge in [-0.15, -0.1) is 0 Å². The Hall–Kier alpha value is -3.72. The van der Waals surface area contributed by atoms with Crippen molar-refractivity contribution in [3.63, 3.8) is 0 Å². The highest BCUT2D eigenvalue weighted by Gasteiger charge is 2.31. The molecular weight excluding hydrogens is 421 g/mol. The van der Waals surface area contributed by atoms with E-state index in [-0.39, 0.29) is 29.1 Å². The lowest BCUT2D eigenvalue weighted by molar-refractivity contribution is 0.0980. The summed E-state index contributed by atoms with van der Waals surface area (Å²) in [4.78, 5) is 23.3. The second-order valence-corrected chi connectivity index (χ2v) is 7.66. The lowest BCUT2D eigenvalue weighted by Crippen LogP contribution is -2.46. The zero-order valence-electron chi connectivity index (χ0n) is 16.1. The maximum Gasteiger partial charge on any atom is 0.262 e. The van der Waals surface area contributed by atoms with E-state index < -0.39 is 11.7 Å². The normalized spacial score (nSPS) is 15.7. The van der Waals surface area contributed by atoms with Gasteiger partial charge in [-0.25, -0.2) is 4.39 Å². The lowest BCUT2D eigenvalue weighted by Gasteiger charge is -2.35. The van der Waals surface area contributed by atoms with Crippen LogP contribution in [0.1, 0.15) is 15.9 Å². The molecule has 1 aliphatic rings. The molecule has 0 fully saturated rings. The van der Waals surface area contributed by atoms with Crippen LogP contribution in [0.15, 0.2) is 48.7 Å². The molecule has 2 aromatic carbocycles. The van der Waals surface area contributed by atoms with E-state index in [4.69, 9.17) is 17.3 Å². The molecule has 156 valence electrons. The molecule has 2 aromatic heterocycles. The monoisotopic (exact) mass is 437 g/mol. The minimum atomic E-state index is -0.659. The molecule has 1 amide bonds. The van der Waals surface area contributed by atoms with E-state index in [0.717, 1.165) is 11.3 Å². The summed E-state index contributed by atoms with van der Waals surface area (Å²) in [6, 6.07) is 11.5. The highest BCUT2D eigenvalue weighted by Crippen LogP contribution is 2.32. The predicted molar refractivity (Wildman–Crippen MR) is 117 cm³/mol. The van der Waals surface area contributed by atoms with Gasteiger partial charge < -0.3 is 16.0 Å². The van der Waals surface area contributed by atoms with Crippen LogP contribution in [-0.4, -0.2) is 38.7 Å². The minimum Gasteiger partial charge on any atom is -0.368 e. The van der Waals surface area contributed by atoms with Crippen LogP contribution in [0.5, 0.6) is 0 Å². The van der Waals surface area contributed by atoms with E-state index in [9.17, 15) is 9.18 Å². The Morgan fingerprint density at radius 1 is 1.23 bits per heavy atom. The molecule has 0 aliphatic carbocycles. The van der Waals surface area contributed by atoms with E-state index in [1.807, 2.05) is 24.3 Å². The van der Waals surface area contributed by atoms with Crippen molar-refractivity contribution in [2.45, 2.75) is 12.5 Å². The summed E-state index contributed by atoms with van der Waals surface area (Å²) in [6.07, 6.45) is 2.24. The summed E-state index contributed by atoms with van der Waals surface area (Å²) in [5.74, 6) is -0.551. The molecule has 31 heavy (non-hydrogen) atoms. The summed E-state index contributed by atoms with van der Waals surface area (Å²) < 4.78 is 14.5. The molecule has 8 nitrogen and oxygen atoms in total. The smallest absolute Gasteiger partial charge is 0.262 e. The number of nitrogens with zero attached hydrogens (tertiary/aromatic N) is 4. The van der Waals surface area contributed by atoms with Crippen LogP contribution in [0.3, 0.4) is 0 Å². The van der Waals surface area contributed by atoms with E-state index in [2.05, 4.69) is 25.5 Å². The van der Waals surface area contributed by atoms with E-state index >= 15 is 0 Å². The van der Waals surface area contributed by atoms with Crippen LogP contribution < -0.4 is 16.0 Å². The second kappa shape index (κ2) is 7.51. The quantitative estimate of drug-likeness (QED) is 0.452. The van der Waals surface area contributed by atoms with Gasteiger partial charge in [0.15, 0.2) is 5.65 Å². The van der Waals surface area contributed by atoms with Crippen LogP contribution in [-0.2, 0) is 6.42 Å². The highest BCUT2D eigenvalue weighted by atomic mass is 35.5. The minimum absolute atomic E-state index is 0.0706. The number of hydrogen-bond acceptors (Lipinski definition) is 6. The Kier molecular flexibility index (Phi) is 4.67. The van der Waals surface area contributed by atoms with Crippen molar-refractivity contribution < 1.29 is 9.18 Å². The highest BCUT2D eigenvalue weighted by molar-refractivity contribution is 6.34. The van der Waals surface area contributed by atoms with Gasteiger partial charge in [-0.3, -0.25) is 9.89 Å². The number of aromatic amines is 1. The first-order chi connectivity index (χ1) is 15.0. The number of hydrogen-bond donors (Lipinski definition) is 3. The molecule has 3 heterocycles. The van der Waals surface area contributed by atoms with Gasteiger partial charge in [0.25, 0.3) is 5.91 Å². The van der Waals surface area contributed by atoms with Crippen molar-refractivity contribution in [2.24, 2.45) is 0 Å². The number of anilines is 3. The third-order valence-electron chi connectivity index (χ3n) is 5.24. The summed E-state index contributed by atoms with van der Waals surface area (Å²) in [5.41, 5.74) is 7.85. The molecule has 5 rings (SSSR count). The Morgan fingerprint density at radius 2 is 2.06 bits per heavy atom. The summed E-state index contributed by atoms with van der Waals surface area (Å²) in [7, 11) is 0. The topological polar surface area (TPSA) is 113 Å². The molecule has 4 N–H and O–H groups in total. The van der Waals surface area contributed by atoms with Gasteiger partial charge in [0.05, 0.1) is 22.2 Å². The largest absolute Gasteiger partial charge is 0.368 e. The number of nitrogens with two attached hydrogens (primary N) is 1. The standard InChI is InChI=1S/C21H17ClFN7O/c22-14-5-3-6-15(23)17(14)20(31)30-10-12(8-11-4-1-2-7-16(11)30)26-18-13-9-25-29-19(13)28-21(24)27-18/h1-7,9,12H,8,10H2,(H4,24,25,26,27,28,29). The Bertz CT molecular complexity index is 1290. The summed E-state index contributed by atoms with van der Waals surface area (Å²) in [5, 5.41) is 10.9. The SMILES string of the molecule is Nc1nc(NC2Cc3ccccc3N(C(=O)c3c(F)cccc3Cl)C2)c2cn[nH]c2n1. The third kappa shape index (κ3) is 3.42. The molecule has 10 heteroatoms. The average Bonchev–Trinajstić information content (AvgIpc) is 3.21. The number of halogens is 2. The number of nitrogen functional groups attached to an aromatic ring is 1. The number of rotatable bonds is 3. The first kappa shape index (κ1) is 19.3. The van der Waals surface area contributed by atoms with Gasteiger partial charge in [-0.1, -0.05) is 35.9 Å². The van der Waals surface area contributed by atoms with Crippen LogP contribution >= 0.6 is 11.6 Å². The van der Waals surface area contributed by atoms with Crippen LogP contribution in [0, 0.1) is 5.82 Å². The Labute approximate surface area is 181 Å². The van der Waals surface area contributed by atoms with Gasteiger partial charge in [-0.05, 0) is 30.2 Å². The molecule has 0 saturated carbocycles. The van der Waals surface area contributed by atoms with Crippen LogP contribution in [0.4, 0.5) is 21.8 Å². The fourth-order valence-corrected chi connectivity index (χ4v) is 4.12. The van der Waals surface area contributed by atoms with Crippen LogP contribution in [0.2, 0.25) is 5.02 Å². The molecular formula is C21H17ClFN7O. The zero-order chi connectivity index (χ0) is 21.5. The summed E-state index contributed by atoms with van der Waals surface area (Å²) >= 11 is 6.16. The van der Waals surface area contributed by atoms with E-state index in [1.54, 1.807) is 6.20 Å². The predicted octanol–water partition coefficient (Wildman–Crippen LogP) is 3.41. The second-order valence-electron chi connectivity index (χ2n) is 7.25. The fraction of sp³-hybridized carbons (Fsp3) is 0.143. The number of aromatic nitrogens is 4. The molecule has 1 unspecified atom stereocenters. The fourth-order valence-electron chi connectivity index (χ4n) is 3.88. The van der Waals surface area contributed by atoms with Crippen LogP contribution in [0.25, 0.3) is 11.0 Å². The number of carbonyl (C=O) groups is 1. The van der Waals surface area contributed by atoms with Gasteiger partial charge >= 0.3 is 0 Å². The molecule has 0 saturated heterocycles. The molecule has 1 aliphatic heterocycles. The van der Waals surface area contributed by atoms with Crippen molar-refractivity contribution in [2.75, 3.05) is 22.5 Å². The summed E-state index contributed by atoms with van der Waals surface area (Å²) in [6.45, 7) is 0.282. The van der Waals surface area contributed by atoms with Gasteiger partial charge in [0.1, 0.15) is 11.6 Å². The number of fused-ring (bicyclic) bond motifs is 2. The van der Waals surface area contributed by atoms with E-state index in [0.29, 0.717) is 23.3 Å². The van der Waals surface area contributed by atoms with Gasteiger partial charge in [0, 0.05) is 18.3 Å². The molecule has 4 aromatic rings. The number of para-hydroxylation sites is 1. The maximum atomic E-state index is 14.5. The lowest BCUT2D eigenvalue weighted by atomic mass is 9.96. The molecule has 0 radical (unpaired) electrons. The third-order valence-corrected chi connectivity index (χ3v) is 5.56. The van der Waals surface area contributed by atoms with Gasteiger partial charge in [-0.2, -0.15) is 15.1 Å². The van der Waals surface area contributed by atoms with Crippen molar-refractivity contribution in [1.82, 2.24) is 20.2 Å². The molecule has 0 bridgehead atoms. The first-order valence-corrected chi connectivity index (χ1v) is 9.96. The molecule has 0 spiro atoms. The Balaban J connectivity index is 1.52. The Morgan fingerprint density at radius 3 is 2.90 bits per heavy atom. The van der Waals surface area contributed by atoms with Crippen molar-refractivity contribution in [3.05, 3.63) is 70.6 Å². The van der Waals surface area contributed by atoms with Crippen molar-refractivity contribution >= 4 is 46.0 Å².